The van der Waals surface area contributed by atoms with Crippen LogP contribution in [0.3, 0.4) is 0 Å². The second kappa shape index (κ2) is 5.60. The summed E-state index contributed by atoms with van der Waals surface area (Å²) in [6.07, 6.45) is 5.19. The molecule has 0 radical (unpaired) electrons. The van der Waals surface area contributed by atoms with Gasteiger partial charge in [0, 0.05) is 24.4 Å². The fourth-order valence-electron chi connectivity index (χ4n) is 3.23. The summed E-state index contributed by atoms with van der Waals surface area (Å²) < 4.78 is 0. The highest BCUT2D eigenvalue weighted by Gasteiger charge is 2.46. The Hall–Kier alpha value is -0.570. The van der Waals surface area contributed by atoms with Crippen LogP contribution in [0.15, 0.2) is 0 Å². The van der Waals surface area contributed by atoms with Gasteiger partial charge in [0.05, 0.1) is 0 Å². The van der Waals surface area contributed by atoms with Crippen molar-refractivity contribution in [1.82, 2.24) is 9.80 Å². The van der Waals surface area contributed by atoms with E-state index in [2.05, 4.69) is 16.7 Å². The zero-order valence-corrected chi connectivity index (χ0v) is 12.2. The Bertz CT molecular complexity index is 285. The third-order valence-corrected chi connectivity index (χ3v) is 4.60. The summed E-state index contributed by atoms with van der Waals surface area (Å²) in [5, 5.41) is 0. The second-order valence-corrected chi connectivity index (χ2v) is 6.54. The van der Waals surface area contributed by atoms with Crippen molar-refractivity contribution in [3.05, 3.63) is 0 Å². The lowest BCUT2D eigenvalue weighted by Crippen LogP contribution is -2.62. The molecule has 2 aliphatic heterocycles. The molecule has 0 saturated carbocycles. The van der Waals surface area contributed by atoms with Crippen LogP contribution in [0.5, 0.6) is 0 Å². The minimum Gasteiger partial charge on any atom is -0.341 e. The number of carbonyl (C=O) groups excluding carboxylic acids is 1. The third kappa shape index (κ3) is 2.87. The Balaban J connectivity index is 1.73. The van der Waals surface area contributed by atoms with Crippen LogP contribution in [-0.2, 0) is 4.79 Å². The molecule has 0 unspecified atom stereocenters. The molecule has 0 N–H and O–H groups in total. The molecule has 0 atom stereocenters. The molecular formula is C15H28N2O. The highest BCUT2D eigenvalue weighted by atomic mass is 16.2. The lowest BCUT2D eigenvalue weighted by molar-refractivity contribution is -0.150. The second-order valence-electron chi connectivity index (χ2n) is 6.54. The Morgan fingerprint density at radius 3 is 2.33 bits per heavy atom. The van der Waals surface area contributed by atoms with Crippen LogP contribution in [-0.4, -0.2) is 48.4 Å². The Kier molecular flexibility index (Phi) is 4.31. The van der Waals surface area contributed by atoms with E-state index in [1.165, 1.54) is 45.3 Å². The lowest BCUT2D eigenvalue weighted by atomic mass is 9.71. The number of unbranched alkanes of at least 4 members (excludes halogenated alkanes) is 1. The smallest absolute Gasteiger partial charge is 0.225 e. The van der Waals surface area contributed by atoms with E-state index in [1.54, 1.807) is 0 Å². The zero-order chi connectivity index (χ0) is 13.2. The van der Waals surface area contributed by atoms with Gasteiger partial charge in [-0.2, -0.15) is 0 Å². The van der Waals surface area contributed by atoms with Gasteiger partial charge in [-0.3, -0.25) is 4.79 Å². The summed E-state index contributed by atoms with van der Waals surface area (Å²) in [7, 11) is 0. The summed E-state index contributed by atoms with van der Waals surface area (Å²) in [6.45, 7) is 12.0. The zero-order valence-electron chi connectivity index (χ0n) is 12.2. The number of carbonyl (C=O) groups is 1. The van der Waals surface area contributed by atoms with Crippen LogP contribution in [0.4, 0.5) is 0 Å². The van der Waals surface area contributed by atoms with Crippen molar-refractivity contribution in [1.29, 1.82) is 0 Å². The molecule has 18 heavy (non-hydrogen) atoms. The van der Waals surface area contributed by atoms with Crippen LogP contribution >= 0.6 is 0 Å². The van der Waals surface area contributed by atoms with Crippen molar-refractivity contribution in [3.63, 3.8) is 0 Å². The minimum absolute atomic E-state index is 0.159. The van der Waals surface area contributed by atoms with Gasteiger partial charge in [0.25, 0.3) is 0 Å². The van der Waals surface area contributed by atoms with Crippen molar-refractivity contribution in [2.75, 3.05) is 32.7 Å². The fraction of sp³-hybridized carbons (Fsp3) is 0.933. The van der Waals surface area contributed by atoms with Crippen LogP contribution in [0.1, 0.15) is 46.5 Å². The van der Waals surface area contributed by atoms with Crippen molar-refractivity contribution >= 4 is 5.91 Å². The van der Waals surface area contributed by atoms with Gasteiger partial charge >= 0.3 is 0 Å². The Morgan fingerprint density at radius 2 is 1.83 bits per heavy atom. The van der Waals surface area contributed by atoms with E-state index in [0.717, 1.165) is 13.1 Å². The topological polar surface area (TPSA) is 23.6 Å². The molecular weight excluding hydrogens is 224 g/mol. The highest BCUT2D eigenvalue weighted by molar-refractivity contribution is 5.79. The maximum absolute atomic E-state index is 11.9. The lowest BCUT2D eigenvalue weighted by Gasteiger charge is -2.54. The number of rotatable bonds is 4. The SMILES string of the molecule is CCCCN1CCC2(CC1)CN(C(=O)C(C)C)C2. The van der Waals surface area contributed by atoms with Crippen LogP contribution < -0.4 is 0 Å². The van der Waals surface area contributed by atoms with Gasteiger partial charge in [0.1, 0.15) is 0 Å². The molecule has 2 saturated heterocycles. The van der Waals surface area contributed by atoms with Crippen LogP contribution in [0.2, 0.25) is 0 Å². The maximum atomic E-state index is 11.9. The number of nitrogens with zero attached hydrogens (tertiary/aromatic N) is 2. The number of amides is 1. The molecule has 1 spiro atoms. The van der Waals surface area contributed by atoms with Crippen molar-refractivity contribution in [2.45, 2.75) is 46.5 Å². The molecule has 0 aromatic heterocycles. The predicted molar refractivity (Wildman–Crippen MR) is 74.4 cm³/mol. The predicted octanol–water partition coefficient (Wildman–Crippen LogP) is 2.37. The average molecular weight is 252 g/mol. The van der Waals surface area contributed by atoms with E-state index in [0.29, 0.717) is 11.3 Å². The van der Waals surface area contributed by atoms with Crippen LogP contribution in [0, 0.1) is 11.3 Å². The molecule has 2 fully saturated rings. The fourth-order valence-corrected chi connectivity index (χ4v) is 3.23. The van der Waals surface area contributed by atoms with Crippen molar-refractivity contribution in [3.8, 4) is 0 Å². The molecule has 104 valence electrons. The molecule has 0 aromatic rings. The summed E-state index contributed by atoms with van der Waals surface area (Å²) in [5.74, 6) is 0.501. The van der Waals surface area contributed by atoms with E-state index in [9.17, 15) is 4.79 Å². The summed E-state index contributed by atoms with van der Waals surface area (Å²) in [6, 6.07) is 0. The third-order valence-electron chi connectivity index (χ3n) is 4.60. The summed E-state index contributed by atoms with van der Waals surface area (Å²) in [4.78, 5) is 16.5. The first-order chi connectivity index (χ1) is 8.56. The van der Waals surface area contributed by atoms with Crippen molar-refractivity contribution in [2.24, 2.45) is 11.3 Å². The highest BCUT2D eigenvalue weighted by Crippen LogP contribution is 2.40. The van der Waals surface area contributed by atoms with E-state index in [4.69, 9.17) is 0 Å². The number of hydrogen-bond donors (Lipinski definition) is 0. The largest absolute Gasteiger partial charge is 0.341 e. The minimum atomic E-state index is 0.159. The van der Waals surface area contributed by atoms with Crippen LogP contribution in [0.25, 0.3) is 0 Å². The number of likely N-dealkylation sites (tertiary alicyclic amines) is 2. The quantitative estimate of drug-likeness (QED) is 0.767. The van der Waals surface area contributed by atoms with Gasteiger partial charge in [0.15, 0.2) is 0 Å². The van der Waals surface area contributed by atoms with Gasteiger partial charge in [0.2, 0.25) is 5.91 Å². The molecule has 2 heterocycles. The van der Waals surface area contributed by atoms with E-state index < -0.39 is 0 Å². The van der Waals surface area contributed by atoms with Gasteiger partial charge in [-0.25, -0.2) is 0 Å². The molecule has 2 aliphatic rings. The first kappa shape index (κ1) is 13.9. The van der Waals surface area contributed by atoms with Gasteiger partial charge in [-0.15, -0.1) is 0 Å². The number of hydrogen-bond acceptors (Lipinski definition) is 2. The molecule has 3 nitrogen and oxygen atoms in total. The summed E-state index contributed by atoms with van der Waals surface area (Å²) >= 11 is 0. The van der Waals surface area contributed by atoms with E-state index in [-0.39, 0.29) is 5.92 Å². The molecule has 1 amide bonds. The standard InChI is InChI=1S/C15H28N2O/c1-4-5-8-16-9-6-15(7-10-16)11-17(12-15)14(18)13(2)3/h13H,4-12H2,1-3H3. The Labute approximate surface area is 112 Å². The molecule has 2 rings (SSSR count). The molecule has 3 heteroatoms. The van der Waals surface area contributed by atoms with Gasteiger partial charge < -0.3 is 9.80 Å². The van der Waals surface area contributed by atoms with E-state index >= 15 is 0 Å². The van der Waals surface area contributed by atoms with Gasteiger partial charge in [-0.1, -0.05) is 27.2 Å². The first-order valence-corrected chi connectivity index (χ1v) is 7.57. The van der Waals surface area contributed by atoms with Gasteiger partial charge in [-0.05, 0) is 38.9 Å². The first-order valence-electron chi connectivity index (χ1n) is 7.57. The monoisotopic (exact) mass is 252 g/mol. The summed E-state index contributed by atoms with van der Waals surface area (Å²) in [5.41, 5.74) is 0.479. The number of piperidine rings is 1. The molecule has 0 bridgehead atoms. The van der Waals surface area contributed by atoms with E-state index in [1.807, 2.05) is 13.8 Å². The molecule has 0 aromatic carbocycles. The molecule has 0 aliphatic carbocycles. The average Bonchev–Trinajstić information content (AvgIpc) is 2.33. The van der Waals surface area contributed by atoms with Crippen molar-refractivity contribution < 1.29 is 4.79 Å². The maximum Gasteiger partial charge on any atom is 0.225 e. The Morgan fingerprint density at radius 1 is 1.22 bits per heavy atom. The normalized spacial score (nSPS) is 23.4.